The molecule has 1 heterocycles. The van der Waals surface area contributed by atoms with Gasteiger partial charge in [-0.15, -0.1) is 11.3 Å². The SMILES string of the molecule is Cc1cc(C)cc(C(=O)NC(=S)Nc2nc(-c3cccc([N+](=O)[O-])c3)cs2)c1. The number of nitrogens with zero attached hydrogens (tertiary/aromatic N) is 2. The van der Waals surface area contributed by atoms with E-state index in [2.05, 4.69) is 15.6 Å². The fourth-order valence-corrected chi connectivity index (χ4v) is 3.63. The first kappa shape index (κ1) is 19.6. The molecule has 2 N–H and O–H groups in total. The number of thiocarbonyl (C=S) groups is 1. The molecule has 1 amide bonds. The van der Waals surface area contributed by atoms with E-state index in [-0.39, 0.29) is 16.7 Å². The molecule has 0 saturated carbocycles. The topological polar surface area (TPSA) is 97.2 Å². The molecule has 0 aliphatic rings. The summed E-state index contributed by atoms with van der Waals surface area (Å²) in [6, 6.07) is 11.8. The van der Waals surface area contributed by atoms with Gasteiger partial charge in [-0.3, -0.25) is 20.2 Å². The molecule has 3 rings (SSSR count). The molecule has 2 aromatic carbocycles. The van der Waals surface area contributed by atoms with Gasteiger partial charge in [0.05, 0.1) is 10.6 Å². The molecule has 142 valence electrons. The van der Waals surface area contributed by atoms with Gasteiger partial charge in [0.1, 0.15) is 0 Å². The maximum absolute atomic E-state index is 12.4. The zero-order chi connectivity index (χ0) is 20.3. The highest BCUT2D eigenvalue weighted by atomic mass is 32.1. The zero-order valence-electron chi connectivity index (χ0n) is 15.1. The van der Waals surface area contributed by atoms with Crippen molar-refractivity contribution in [3.05, 3.63) is 74.6 Å². The lowest BCUT2D eigenvalue weighted by Crippen LogP contribution is -2.34. The molecular weight excluding hydrogens is 396 g/mol. The number of hydrogen-bond donors (Lipinski definition) is 2. The minimum atomic E-state index is -0.452. The van der Waals surface area contributed by atoms with Crippen molar-refractivity contribution in [2.24, 2.45) is 0 Å². The smallest absolute Gasteiger partial charge is 0.270 e. The van der Waals surface area contributed by atoms with Gasteiger partial charge in [0.15, 0.2) is 10.2 Å². The third-order valence-electron chi connectivity index (χ3n) is 3.79. The van der Waals surface area contributed by atoms with E-state index in [4.69, 9.17) is 12.2 Å². The fraction of sp³-hybridized carbons (Fsp3) is 0.105. The number of carbonyl (C=O) groups excluding carboxylic acids is 1. The van der Waals surface area contributed by atoms with Crippen LogP contribution in [0.25, 0.3) is 11.3 Å². The second-order valence-electron chi connectivity index (χ2n) is 6.13. The van der Waals surface area contributed by atoms with E-state index in [1.807, 2.05) is 19.9 Å². The summed E-state index contributed by atoms with van der Waals surface area (Å²) < 4.78 is 0. The average molecular weight is 412 g/mol. The van der Waals surface area contributed by atoms with Gasteiger partial charge in [0, 0.05) is 28.6 Å². The van der Waals surface area contributed by atoms with Crippen molar-refractivity contribution in [1.82, 2.24) is 10.3 Å². The van der Waals surface area contributed by atoms with Gasteiger partial charge in [-0.1, -0.05) is 29.3 Å². The van der Waals surface area contributed by atoms with Gasteiger partial charge in [0.2, 0.25) is 0 Å². The first-order valence-corrected chi connectivity index (χ1v) is 9.51. The summed E-state index contributed by atoms with van der Waals surface area (Å²) in [5.74, 6) is -0.306. The molecule has 7 nitrogen and oxygen atoms in total. The van der Waals surface area contributed by atoms with Crippen molar-refractivity contribution in [3.8, 4) is 11.3 Å². The van der Waals surface area contributed by atoms with Crippen LogP contribution < -0.4 is 10.6 Å². The van der Waals surface area contributed by atoms with Gasteiger partial charge < -0.3 is 5.32 Å². The van der Waals surface area contributed by atoms with Gasteiger partial charge in [-0.05, 0) is 38.2 Å². The Morgan fingerprint density at radius 1 is 1.18 bits per heavy atom. The first-order chi connectivity index (χ1) is 13.3. The van der Waals surface area contributed by atoms with Crippen LogP contribution >= 0.6 is 23.6 Å². The van der Waals surface area contributed by atoms with Crippen LogP contribution in [-0.2, 0) is 0 Å². The predicted octanol–water partition coefficient (Wildman–Crippen LogP) is 4.46. The van der Waals surface area contributed by atoms with Crippen LogP contribution in [-0.4, -0.2) is 20.9 Å². The largest absolute Gasteiger partial charge is 0.308 e. The predicted molar refractivity (Wildman–Crippen MR) is 114 cm³/mol. The molecule has 0 saturated heterocycles. The Morgan fingerprint density at radius 2 is 1.89 bits per heavy atom. The number of thiazole rings is 1. The number of anilines is 1. The lowest BCUT2D eigenvalue weighted by molar-refractivity contribution is -0.384. The normalized spacial score (nSPS) is 10.4. The Labute approximate surface area is 170 Å². The van der Waals surface area contributed by atoms with Crippen LogP contribution in [0, 0.1) is 24.0 Å². The summed E-state index contributed by atoms with van der Waals surface area (Å²) in [6.45, 7) is 3.84. The second-order valence-corrected chi connectivity index (χ2v) is 7.40. The second kappa shape index (κ2) is 8.24. The third kappa shape index (κ3) is 4.76. The van der Waals surface area contributed by atoms with E-state index in [1.54, 1.807) is 29.6 Å². The van der Waals surface area contributed by atoms with Gasteiger partial charge in [0.25, 0.3) is 11.6 Å². The fourth-order valence-electron chi connectivity index (χ4n) is 2.65. The van der Waals surface area contributed by atoms with Gasteiger partial charge >= 0.3 is 0 Å². The third-order valence-corrected chi connectivity index (χ3v) is 4.75. The maximum atomic E-state index is 12.4. The number of carbonyl (C=O) groups is 1. The number of amides is 1. The van der Waals surface area contributed by atoms with Crippen molar-refractivity contribution in [1.29, 1.82) is 0 Å². The van der Waals surface area contributed by atoms with Crippen molar-refractivity contribution < 1.29 is 9.72 Å². The van der Waals surface area contributed by atoms with Crippen LogP contribution in [0.2, 0.25) is 0 Å². The number of aryl methyl sites for hydroxylation is 2. The van der Waals surface area contributed by atoms with Crippen LogP contribution in [0.1, 0.15) is 21.5 Å². The number of non-ortho nitro benzene ring substituents is 1. The molecule has 0 spiro atoms. The van der Waals surface area contributed by atoms with Crippen molar-refractivity contribution in [2.45, 2.75) is 13.8 Å². The van der Waals surface area contributed by atoms with Crippen LogP contribution in [0.4, 0.5) is 10.8 Å². The van der Waals surface area contributed by atoms with E-state index in [0.29, 0.717) is 22.0 Å². The van der Waals surface area contributed by atoms with Crippen molar-refractivity contribution in [3.63, 3.8) is 0 Å². The summed E-state index contributed by atoms with van der Waals surface area (Å²) >= 11 is 6.48. The van der Waals surface area contributed by atoms with Crippen LogP contribution in [0.15, 0.2) is 47.8 Å². The Hall–Kier alpha value is -3.17. The molecule has 0 bridgehead atoms. The molecule has 0 aliphatic carbocycles. The molecule has 0 atom stereocenters. The van der Waals surface area contributed by atoms with Gasteiger partial charge in [-0.25, -0.2) is 4.98 Å². The molecule has 28 heavy (non-hydrogen) atoms. The number of nitro benzene ring substituents is 1. The molecule has 0 radical (unpaired) electrons. The van der Waals surface area contributed by atoms with E-state index < -0.39 is 4.92 Å². The van der Waals surface area contributed by atoms with E-state index in [1.165, 1.54) is 23.5 Å². The zero-order valence-corrected chi connectivity index (χ0v) is 16.7. The Balaban J connectivity index is 1.68. The first-order valence-electron chi connectivity index (χ1n) is 8.23. The summed E-state index contributed by atoms with van der Waals surface area (Å²) in [7, 11) is 0. The van der Waals surface area contributed by atoms with E-state index in [0.717, 1.165) is 11.1 Å². The lowest BCUT2D eigenvalue weighted by atomic mass is 10.1. The minimum absolute atomic E-state index is 0.00348. The highest BCUT2D eigenvalue weighted by Crippen LogP contribution is 2.27. The number of aromatic nitrogens is 1. The molecular formula is C19H16N4O3S2. The Bertz CT molecular complexity index is 1060. The highest BCUT2D eigenvalue weighted by molar-refractivity contribution is 7.80. The van der Waals surface area contributed by atoms with Crippen molar-refractivity contribution >= 4 is 45.4 Å². The Kier molecular flexibility index (Phi) is 5.76. The monoisotopic (exact) mass is 412 g/mol. The molecule has 0 aliphatic heterocycles. The summed E-state index contributed by atoms with van der Waals surface area (Å²) in [4.78, 5) is 27.2. The number of nitrogens with one attached hydrogen (secondary N) is 2. The standard InChI is InChI=1S/C19H16N4O3S2/c1-11-6-12(2)8-14(7-11)17(24)21-18(27)22-19-20-16(10-28-19)13-4-3-5-15(9-13)23(25)26/h3-10H,1-2H3,(H2,20,21,22,24,27). The highest BCUT2D eigenvalue weighted by Gasteiger charge is 2.12. The summed E-state index contributed by atoms with van der Waals surface area (Å²) in [5.41, 5.74) is 3.72. The molecule has 1 aromatic heterocycles. The maximum Gasteiger partial charge on any atom is 0.270 e. The Morgan fingerprint density at radius 3 is 2.57 bits per heavy atom. The van der Waals surface area contributed by atoms with Crippen LogP contribution in [0.3, 0.4) is 0 Å². The molecule has 9 heteroatoms. The number of nitro groups is 1. The average Bonchev–Trinajstić information content (AvgIpc) is 3.09. The molecule has 0 unspecified atom stereocenters. The quantitative estimate of drug-likeness (QED) is 0.373. The van der Waals surface area contributed by atoms with E-state index >= 15 is 0 Å². The van der Waals surface area contributed by atoms with Gasteiger partial charge in [-0.2, -0.15) is 0 Å². The summed E-state index contributed by atoms with van der Waals surface area (Å²) in [6.07, 6.45) is 0. The van der Waals surface area contributed by atoms with Crippen LogP contribution in [0.5, 0.6) is 0 Å². The number of rotatable bonds is 4. The van der Waals surface area contributed by atoms with E-state index in [9.17, 15) is 14.9 Å². The lowest BCUT2D eigenvalue weighted by Gasteiger charge is -2.08. The van der Waals surface area contributed by atoms with Crippen molar-refractivity contribution in [2.75, 3.05) is 5.32 Å². The summed E-state index contributed by atoms with van der Waals surface area (Å²) in [5, 5.41) is 18.8. The minimum Gasteiger partial charge on any atom is -0.308 e. The number of hydrogen-bond acceptors (Lipinski definition) is 6. The molecule has 3 aromatic rings. The molecule has 0 fully saturated rings. The number of benzene rings is 2.